The highest BCUT2D eigenvalue weighted by atomic mass is 35.5. The number of benzene rings is 3. The molecule has 1 heterocycles. The lowest BCUT2D eigenvalue weighted by Gasteiger charge is -2.09. The highest BCUT2D eigenvalue weighted by Crippen LogP contribution is 2.38. The number of hydrogen-bond donors (Lipinski definition) is 0. The number of aromatic nitrogens is 2. The maximum absolute atomic E-state index is 13.4. The lowest BCUT2D eigenvalue weighted by atomic mass is 10.1. The van der Waals surface area contributed by atoms with E-state index < -0.39 is 0 Å². The highest BCUT2D eigenvalue weighted by molar-refractivity contribution is 6.42. The largest absolute Gasteiger partial charge is 0.231 e. The van der Waals surface area contributed by atoms with Gasteiger partial charge in [0.2, 0.25) is 0 Å². The van der Waals surface area contributed by atoms with E-state index in [4.69, 9.17) is 34.8 Å². The molecule has 4 aromatic rings. The summed E-state index contributed by atoms with van der Waals surface area (Å²) in [7, 11) is 0. The van der Waals surface area contributed by atoms with Crippen molar-refractivity contribution in [2.75, 3.05) is 0 Å². The Labute approximate surface area is 174 Å². The van der Waals surface area contributed by atoms with Crippen LogP contribution in [0, 0.1) is 11.6 Å². The van der Waals surface area contributed by atoms with E-state index in [2.05, 4.69) is 5.10 Å². The number of nitrogens with zero attached hydrogens (tertiary/aromatic N) is 2. The molecule has 0 N–H and O–H groups in total. The van der Waals surface area contributed by atoms with Gasteiger partial charge in [0.1, 0.15) is 17.3 Å². The average Bonchev–Trinajstić information content (AvgIpc) is 3.02. The van der Waals surface area contributed by atoms with E-state index >= 15 is 0 Å². The van der Waals surface area contributed by atoms with Crippen LogP contribution in [0.4, 0.5) is 8.78 Å². The summed E-state index contributed by atoms with van der Waals surface area (Å²) >= 11 is 18.9. The van der Waals surface area contributed by atoms with Gasteiger partial charge in [0.25, 0.3) is 0 Å². The van der Waals surface area contributed by atoms with Crippen LogP contribution in [0.3, 0.4) is 0 Å². The predicted molar refractivity (Wildman–Crippen MR) is 109 cm³/mol. The van der Waals surface area contributed by atoms with Crippen LogP contribution in [0.2, 0.25) is 15.1 Å². The summed E-state index contributed by atoms with van der Waals surface area (Å²) in [5, 5.41) is 5.74. The Morgan fingerprint density at radius 2 is 1.25 bits per heavy atom. The van der Waals surface area contributed by atoms with Gasteiger partial charge in [-0.2, -0.15) is 5.10 Å². The lowest BCUT2D eigenvalue weighted by Crippen LogP contribution is -1.99. The van der Waals surface area contributed by atoms with Crippen molar-refractivity contribution in [3.63, 3.8) is 0 Å². The molecule has 2 nitrogen and oxygen atoms in total. The summed E-state index contributed by atoms with van der Waals surface area (Å²) in [6, 6.07) is 16.8. The van der Waals surface area contributed by atoms with Crippen molar-refractivity contribution in [3.8, 4) is 28.2 Å². The summed E-state index contributed by atoms with van der Waals surface area (Å²) in [5.74, 6) is -0.721. The Balaban J connectivity index is 1.97. The second-order valence-corrected chi connectivity index (χ2v) is 7.23. The van der Waals surface area contributed by atoms with Crippen molar-refractivity contribution < 1.29 is 8.78 Å². The molecular formula is C21H11Cl3F2N2. The van der Waals surface area contributed by atoms with Crippen LogP contribution >= 0.6 is 34.8 Å². The number of halogens is 5. The van der Waals surface area contributed by atoms with Crippen LogP contribution in [0.1, 0.15) is 0 Å². The first kappa shape index (κ1) is 18.9. The summed E-state index contributed by atoms with van der Waals surface area (Å²) in [5.41, 5.74) is 2.96. The smallest absolute Gasteiger partial charge is 0.123 e. The van der Waals surface area contributed by atoms with E-state index in [1.54, 1.807) is 47.1 Å². The van der Waals surface area contributed by atoms with Gasteiger partial charge in [0, 0.05) is 11.1 Å². The molecule has 3 aromatic carbocycles. The molecule has 0 aliphatic heterocycles. The van der Waals surface area contributed by atoms with E-state index in [-0.39, 0.29) is 11.6 Å². The zero-order valence-electron chi connectivity index (χ0n) is 14.1. The van der Waals surface area contributed by atoms with Gasteiger partial charge < -0.3 is 0 Å². The molecule has 28 heavy (non-hydrogen) atoms. The minimum atomic E-state index is -0.362. The SMILES string of the molecule is Fc1ccc(-c2nn(-c3ccc(Cl)c(Cl)c3)c(-c3ccc(F)cc3)c2Cl)cc1. The van der Waals surface area contributed by atoms with Crippen LogP contribution < -0.4 is 0 Å². The third-order valence-electron chi connectivity index (χ3n) is 4.21. The Morgan fingerprint density at radius 1 is 0.679 bits per heavy atom. The van der Waals surface area contributed by atoms with E-state index in [0.717, 1.165) is 0 Å². The van der Waals surface area contributed by atoms with E-state index in [9.17, 15) is 8.78 Å². The highest BCUT2D eigenvalue weighted by Gasteiger charge is 2.21. The maximum Gasteiger partial charge on any atom is 0.123 e. The Hall–Kier alpha value is -2.40. The van der Waals surface area contributed by atoms with Gasteiger partial charge in [-0.3, -0.25) is 0 Å². The molecule has 0 atom stereocenters. The summed E-state index contributed by atoms with van der Waals surface area (Å²) < 4.78 is 28.3. The zero-order chi connectivity index (χ0) is 19.8. The number of rotatable bonds is 3. The zero-order valence-corrected chi connectivity index (χ0v) is 16.4. The molecule has 0 unspecified atom stereocenters. The minimum Gasteiger partial charge on any atom is -0.231 e. The molecule has 0 fully saturated rings. The van der Waals surface area contributed by atoms with Crippen molar-refractivity contribution in [2.45, 2.75) is 0 Å². The minimum absolute atomic E-state index is 0.351. The molecule has 0 radical (unpaired) electrons. The van der Waals surface area contributed by atoms with Gasteiger partial charge in [-0.05, 0) is 66.7 Å². The van der Waals surface area contributed by atoms with Crippen molar-refractivity contribution in [2.24, 2.45) is 0 Å². The molecule has 0 amide bonds. The maximum atomic E-state index is 13.4. The lowest BCUT2D eigenvalue weighted by molar-refractivity contribution is 0.627. The van der Waals surface area contributed by atoms with E-state index in [0.29, 0.717) is 43.3 Å². The third-order valence-corrected chi connectivity index (χ3v) is 5.31. The van der Waals surface area contributed by atoms with Crippen LogP contribution in [0.5, 0.6) is 0 Å². The summed E-state index contributed by atoms with van der Waals surface area (Å²) in [6.07, 6.45) is 0. The van der Waals surface area contributed by atoms with Gasteiger partial charge in [-0.15, -0.1) is 0 Å². The average molecular weight is 436 g/mol. The second kappa shape index (κ2) is 7.55. The summed E-state index contributed by atoms with van der Waals surface area (Å²) in [4.78, 5) is 0. The second-order valence-electron chi connectivity index (χ2n) is 6.04. The molecule has 7 heteroatoms. The molecule has 140 valence electrons. The van der Waals surface area contributed by atoms with Crippen LogP contribution in [-0.4, -0.2) is 9.78 Å². The monoisotopic (exact) mass is 434 g/mol. The van der Waals surface area contributed by atoms with Gasteiger partial charge in [0.15, 0.2) is 0 Å². The Morgan fingerprint density at radius 3 is 1.82 bits per heavy atom. The van der Waals surface area contributed by atoms with Crippen molar-refractivity contribution in [1.29, 1.82) is 0 Å². The Bertz CT molecular complexity index is 1150. The fourth-order valence-corrected chi connectivity index (χ4v) is 3.48. The van der Waals surface area contributed by atoms with Crippen molar-refractivity contribution in [3.05, 3.63) is 93.4 Å². The fraction of sp³-hybridized carbons (Fsp3) is 0. The molecule has 0 spiro atoms. The van der Waals surface area contributed by atoms with Crippen molar-refractivity contribution >= 4 is 34.8 Å². The quantitative estimate of drug-likeness (QED) is 0.327. The normalized spacial score (nSPS) is 11.0. The van der Waals surface area contributed by atoms with E-state index in [1.165, 1.54) is 24.3 Å². The molecule has 0 bridgehead atoms. The summed E-state index contributed by atoms with van der Waals surface area (Å²) in [6.45, 7) is 0. The standard InChI is InChI=1S/C21H11Cl3F2N2/c22-17-10-9-16(11-18(17)23)28-21(13-3-7-15(26)8-4-13)19(24)20(27-28)12-1-5-14(25)6-2-12/h1-11H. The van der Waals surface area contributed by atoms with Crippen molar-refractivity contribution in [1.82, 2.24) is 9.78 Å². The van der Waals surface area contributed by atoms with Gasteiger partial charge in [-0.1, -0.05) is 34.8 Å². The topological polar surface area (TPSA) is 17.8 Å². The molecule has 4 rings (SSSR count). The first-order chi connectivity index (χ1) is 13.4. The fourth-order valence-electron chi connectivity index (χ4n) is 2.85. The third kappa shape index (κ3) is 3.51. The van der Waals surface area contributed by atoms with Crippen LogP contribution in [0.25, 0.3) is 28.2 Å². The number of hydrogen-bond acceptors (Lipinski definition) is 1. The molecular weight excluding hydrogens is 425 g/mol. The molecule has 0 saturated carbocycles. The predicted octanol–water partition coefficient (Wildman–Crippen LogP) is 7.44. The molecule has 0 saturated heterocycles. The Kier molecular flexibility index (Phi) is 5.11. The first-order valence-corrected chi connectivity index (χ1v) is 9.33. The van der Waals surface area contributed by atoms with Crippen LogP contribution in [-0.2, 0) is 0 Å². The van der Waals surface area contributed by atoms with E-state index in [1.807, 2.05) is 0 Å². The van der Waals surface area contributed by atoms with Gasteiger partial charge >= 0.3 is 0 Å². The van der Waals surface area contributed by atoms with Crippen LogP contribution in [0.15, 0.2) is 66.7 Å². The van der Waals surface area contributed by atoms with Gasteiger partial charge in [-0.25, -0.2) is 13.5 Å². The molecule has 0 aliphatic rings. The molecule has 0 aliphatic carbocycles. The van der Waals surface area contributed by atoms with Gasteiger partial charge in [0.05, 0.1) is 26.4 Å². The first-order valence-electron chi connectivity index (χ1n) is 8.20. The molecule has 1 aromatic heterocycles.